The molecule has 0 saturated carbocycles. The van der Waals surface area contributed by atoms with Gasteiger partial charge in [-0.25, -0.2) is 14.4 Å². The third-order valence-electron chi connectivity index (χ3n) is 4.24. The van der Waals surface area contributed by atoms with Gasteiger partial charge in [-0.3, -0.25) is 0 Å². The van der Waals surface area contributed by atoms with Gasteiger partial charge in [-0.2, -0.15) is 0 Å². The number of benzene rings is 1. The molecule has 114 valence electrons. The Bertz CT molecular complexity index is 881. The monoisotopic (exact) mass is 300 g/mol. The first-order chi connectivity index (χ1) is 10.5. The van der Waals surface area contributed by atoms with Gasteiger partial charge in [0, 0.05) is 5.39 Å². The average molecular weight is 300 g/mol. The molecule has 1 atom stereocenters. The first-order valence-electron chi connectivity index (χ1n) is 7.28. The summed E-state index contributed by atoms with van der Waals surface area (Å²) >= 11 is 0. The zero-order chi connectivity index (χ0) is 15.5. The number of nitrogen functional groups attached to an aromatic ring is 1. The maximum Gasteiger partial charge on any atom is 0.152 e. The number of aromatic nitrogens is 3. The summed E-state index contributed by atoms with van der Waals surface area (Å²) in [6.07, 6.45) is 0. The Morgan fingerprint density at radius 3 is 2.86 bits per heavy atom. The van der Waals surface area contributed by atoms with Crippen molar-refractivity contribution in [2.24, 2.45) is 0 Å². The van der Waals surface area contributed by atoms with E-state index in [0.29, 0.717) is 30.4 Å². The number of para-hydroxylation sites is 1. The smallest absolute Gasteiger partial charge is 0.152 e. The van der Waals surface area contributed by atoms with E-state index in [2.05, 4.69) is 9.97 Å². The van der Waals surface area contributed by atoms with Crippen molar-refractivity contribution in [2.75, 3.05) is 12.3 Å². The summed E-state index contributed by atoms with van der Waals surface area (Å²) in [5.41, 5.74) is 6.89. The number of hydrogen-bond donors (Lipinski definition) is 1. The Morgan fingerprint density at radius 2 is 2.09 bits per heavy atom. The van der Waals surface area contributed by atoms with Crippen molar-refractivity contribution < 1.29 is 9.13 Å². The van der Waals surface area contributed by atoms with Gasteiger partial charge in [-0.1, -0.05) is 18.2 Å². The number of alkyl halides is 1. The van der Waals surface area contributed by atoms with Crippen LogP contribution >= 0.6 is 0 Å². The van der Waals surface area contributed by atoms with Crippen molar-refractivity contribution in [1.82, 2.24) is 14.5 Å². The number of imidazole rings is 1. The van der Waals surface area contributed by atoms with Gasteiger partial charge in [0.15, 0.2) is 5.82 Å². The Morgan fingerprint density at radius 1 is 1.32 bits per heavy atom. The first-order valence-corrected chi connectivity index (χ1v) is 7.28. The molecule has 22 heavy (non-hydrogen) atoms. The molecular formula is C16H17FN4O. The Kier molecular flexibility index (Phi) is 2.69. The zero-order valence-corrected chi connectivity index (χ0v) is 12.5. The van der Waals surface area contributed by atoms with Gasteiger partial charge in [-0.05, 0) is 19.9 Å². The Hall–Kier alpha value is -2.21. The fraction of sp³-hybridized carbons (Fsp3) is 0.375. The van der Waals surface area contributed by atoms with Gasteiger partial charge in [0.05, 0.1) is 23.7 Å². The van der Waals surface area contributed by atoms with Crippen LogP contribution in [-0.2, 0) is 11.3 Å². The highest BCUT2D eigenvalue weighted by molar-refractivity contribution is 6.06. The fourth-order valence-electron chi connectivity index (χ4n) is 3.15. The molecule has 1 aliphatic rings. The third-order valence-corrected chi connectivity index (χ3v) is 4.24. The summed E-state index contributed by atoms with van der Waals surface area (Å²) in [6, 6.07) is 7.28. The van der Waals surface area contributed by atoms with Crippen molar-refractivity contribution in [3.63, 3.8) is 0 Å². The highest BCUT2D eigenvalue weighted by atomic mass is 19.1. The molecule has 1 aromatic carbocycles. The van der Waals surface area contributed by atoms with E-state index in [4.69, 9.17) is 10.5 Å². The molecule has 0 amide bonds. The highest BCUT2D eigenvalue weighted by Crippen LogP contribution is 2.38. The molecule has 6 heteroatoms. The number of fused-ring (bicyclic) bond motifs is 5. The molecule has 0 saturated heterocycles. The van der Waals surface area contributed by atoms with Crippen LogP contribution in [0, 0.1) is 0 Å². The SMILES string of the molecule is CC(C)(F)[C@H]1COCc2nc3c(N)nc4ccccc4c3n21. The molecule has 0 bridgehead atoms. The third kappa shape index (κ3) is 1.80. The van der Waals surface area contributed by atoms with Gasteiger partial charge < -0.3 is 15.0 Å². The molecule has 1 aliphatic heterocycles. The summed E-state index contributed by atoms with van der Waals surface area (Å²) in [6.45, 7) is 3.80. The van der Waals surface area contributed by atoms with Crippen LogP contribution in [0.5, 0.6) is 0 Å². The van der Waals surface area contributed by atoms with Crippen LogP contribution in [0.1, 0.15) is 25.7 Å². The van der Waals surface area contributed by atoms with E-state index >= 15 is 0 Å². The number of anilines is 1. The lowest BCUT2D eigenvalue weighted by Crippen LogP contribution is -2.36. The molecule has 0 aliphatic carbocycles. The number of pyridine rings is 1. The lowest BCUT2D eigenvalue weighted by molar-refractivity contribution is -0.00211. The molecule has 5 nitrogen and oxygen atoms in total. The molecule has 4 rings (SSSR count). The quantitative estimate of drug-likeness (QED) is 0.750. The van der Waals surface area contributed by atoms with Crippen LogP contribution in [0.4, 0.5) is 10.2 Å². The normalized spacial score (nSPS) is 18.8. The summed E-state index contributed by atoms with van der Waals surface area (Å²) in [4.78, 5) is 8.95. The van der Waals surface area contributed by atoms with Crippen LogP contribution < -0.4 is 5.73 Å². The van der Waals surface area contributed by atoms with E-state index in [0.717, 1.165) is 16.4 Å². The fourth-order valence-corrected chi connectivity index (χ4v) is 3.15. The van der Waals surface area contributed by atoms with Gasteiger partial charge in [-0.15, -0.1) is 0 Å². The zero-order valence-electron chi connectivity index (χ0n) is 12.5. The van der Waals surface area contributed by atoms with E-state index in [-0.39, 0.29) is 0 Å². The number of ether oxygens (including phenoxy) is 1. The van der Waals surface area contributed by atoms with Gasteiger partial charge in [0.2, 0.25) is 0 Å². The van der Waals surface area contributed by atoms with E-state index in [1.807, 2.05) is 28.8 Å². The molecule has 2 N–H and O–H groups in total. The van der Waals surface area contributed by atoms with E-state index < -0.39 is 11.7 Å². The molecule has 0 fully saturated rings. The van der Waals surface area contributed by atoms with E-state index in [1.165, 1.54) is 0 Å². The van der Waals surface area contributed by atoms with Crippen molar-refractivity contribution in [3.8, 4) is 0 Å². The molecule has 3 heterocycles. The van der Waals surface area contributed by atoms with Crippen molar-refractivity contribution >= 4 is 27.8 Å². The maximum absolute atomic E-state index is 14.7. The van der Waals surface area contributed by atoms with E-state index in [1.54, 1.807) is 13.8 Å². The number of halogens is 1. The maximum atomic E-state index is 14.7. The average Bonchev–Trinajstić information content (AvgIpc) is 2.86. The number of hydrogen-bond acceptors (Lipinski definition) is 4. The van der Waals surface area contributed by atoms with Crippen molar-refractivity contribution in [1.29, 1.82) is 0 Å². The minimum Gasteiger partial charge on any atom is -0.382 e. The molecular weight excluding hydrogens is 283 g/mol. The van der Waals surface area contributed by atoms with Gasteiger partial charge in [0.25, 0.3) is 0 Å². The summed E-state index contributed by atoms with van der Waals surface area (Å²) in [7, 11) is 0. The Labute approximate surface area is 126 Å². The highest BCUT2D eigenvalue weighted by Gasteiger charge is 2.37. The standard InChI is InChI=1S/C16H17FN4O/c1-16(2,17)11-7-22-8-12-20-13-14(21(11)12)9-5-3-4-6-10(9)19-15(13)18/h3-6,11H,7-8H2,1-2H3,(H2,18,19)/t11-/m1/s1. The second-order valence-electron chi connectivity index (χ2n) is 6.20. The predicted octanol–water partition coefficient (Wildman–Crippen LogP) is 2.99. The van der Waals surface area contributed by atoms with E-state index in [9.17, 15) is 4.39 Å². The number of nitrogens with zero attached hydrogens (tertiary/aromatic N) is 3. The van der Waals surface area contributed by atoms with Crippen LogP contribution in [0.25, 0.3) is 21.9 Å². The van der Waals surface area contributed by atoms with Crippen LogP contribution in [-0.4, -0.2) is 26.8 Å². The number of rotatable bonds is 1. The lowest BCUT2D eigenvalue weighted by atomic mass is 10.00. The second kappa shape index (κ2) is 4.39. The molecule has 2 aromatic heterocycles. The lowest BCUT2D eigenvalue weighted by Gasteiger charge is -2.33. The number of nitrogens with two attached hydrogens (primary N) is 1. The van der Waals surface area contributed by atoms with Crippen LogP contribution in [0.15, 0.2) is 24.3 Å². The molecule has 0 unspecified atom stereocenters. The molecule has 3 aromatic rings. The van der Waals surface area contributed by atoms with Crippen LogP contribution in [0.2, 0.25) is 0 Å². The van der Waals surface area contributed by atoms with Gasteiger partial charge in [0.1, 0.15) is 23.6 Å². The summed E-state index contributed by atoms with van der Waals surface area (Å²) in [5.74, 6) is 1.06. The molecule has 0 radical (unpaired) electrons. The second-order valence-corrected chi connectivity index (χ2v) is 6.20. The Balaban J connectivity index is 2.16. The van der Waals surface area contributed by atoms with Crippen molar-refractivity contribution in [3.05, 3.63) is 30.1 Å². The predicted molar refractivity (Wildman–Crippen MR) is 83.3 cm³/mol. The minimum atomic E-state index is -1.43. The van der Waals surface area contributed by atoms with Crippen LogP contribution in [0.3, 0.4) is 0 Å². The first kappa shape index (κ1) is 13.5. The van der Waals surface area contributed by atoms with Gasteiger partial charge >= 0.3 is 0 Å². The molecule has 0 spiro atoms. The summed E-state index contributed by atoms with van der Waals surface area (Å²) in [5, 5.41) is 0.932. The van der Waals surface area contributed by atoms with Crippen molar-refractivity contribution in [2.45, 2.75) is 32.2 Å². The minimum absolute atomic E-state index is 0.318. The summed E-state index contributed by atoms with van der Waals surface area (Å²) < 4.78 is 22.2. The topological polar surface area (TPSA) is 66.0 Å². The largest absolute Gasteiger partial charge is 0.382 e.